The van der Waals surface area contributed by atoms with E-state index in [1.807, 2.05) is 12.1 Å². The minimum Gasteiger partial charge on any atom is -0.481 e. The third-order valence-electron chi connectivity index (χ3n) is 3.27. The normalized spacial score (nSPS) is 18.9. The fourth-order valence-corrected chi connectivity index (χ4v) is 2.37. The van der Waals surface area contributed by atoms with E-state index < -0.39 is 5.97 Å². The van der Waals surface area contributed by atoms with Crippen LogP contribution in [0.4, 0.5) is 0 Å². The Morgan fingerprint density at radius 3 is 2.65 bits per heavy atom. The van der Waals surface area contributed by atoms with Crippen molar-refractivity contribution in [1.82, 2.24) is 0 Å². The first-order valence-corrected chi connectivity index (χ1v) is 5.93. The zero-order valence-corrected chi connectivity index (χ0v) is 10.5. The van der Waals surface area contributed by atoms with Gasteiger partial charge in [-0.2, -0.15) is 0 Å². The largest absolute Gasteiger partial charge is 0.481 e. The zero-order chi connectivity index (χ0) is 12.6. The van der Waals surface area contributed by atoms with Gasteiger partial charge in [0.1, 0.15) is 0 Å². The molecule has 0 saturated carbocycles. The van der Waals surface area contributed by atoms with Crippen LogP contribution in [-0.4, -0.2) is 11.1 Å². The van der Waals surface area contributed by atoms with Crippen molar-refractivity contribution in [3.05, 3.63) is 41.0 Å². The SMILES string of the molecule is CC(C)(C)c1cccc2c1CC(C(=O)O)C=C2. The lowest BCUT2D eigenvalue weighted by molar-refractivity contribution is -0.140. The quantitative estimate of drug-likeness (QED) is 0.804. The number of rotatable bonds is 1. The van der Waals surface area contributed by atoms with Gasteiger partial charge in [0.25, 0.3) is 0 Å². The van der Waals surface area contributed by atoms with Crippen LogP contribution in [0.25, 0.3) is 6.08 Å². The molecule has 90 valence electrons. The maximum atomic E-state index is 11.1. The molecule has 0 fully saturated rings. The number of carboxylic acids is 1. The second kappa shape index (κ2) is 4.02. The Morgan fingerprint density at radius 2 is 2.06 bits per heavy atom. The molecule has 1 aromatic rings. The van der Waals surface area contributed by atoms with E-state index in [0.717, 1.165) is 5.56 Å². The maximum absolute atomic E-state index is 11.1. The molecule has 0 saturated heterocycles. The van der Waals surface area contributed by atoms with Crippen molar-refractivity contribution >= 4 is 12.0 Å². The van der Waals surface area contributed by atoms with Crippen LogP contribution in [-0.2, 0) is 16.6 Å². The summed E-state index contributed by atoms with van der Waals surface area (Å²) in [6, 6.07) is 6.21. The number of carbonyl (C=O) groups is 1. The second-order valence-corrected chi connectivity index (χ2v) is 5.63. The van der Waals surface area contributed by atoms with E-state index in [4.69, 9.17) is 5.11 Å². The molecule has 0 bridgehead atoms. The molecule has 1 aliphatic rings. The van der Waals surface area contributed by atoms with Crippen molar-refractivity contribution in [1.29, 1.82) is 0 Å². The third-order valence-corrected chi connectivity index (χ3v) is 3.27. The number of fused-ring (bicyclic) bond motifs is 1. The number of hydrogen-bond donors (Lipinski definition) is 1. The van der Waals surface area contributed by atoms with Crippen molar-refractivity contribution in [3.63, 3.8) is 0 Å². The maximum Gasteiger partial charge on any atom is 0.310 e. The Balaban J connectivity index is 2.50. The van der Waals surface area contributed by atoms with Crippen molar-refractivity contribution in [3.8, 4) is 0 Å². The van der Waals surface area contributed by atoms with Gasteiger partial charge in [-0.3, -0.25) is 4.79 Å². The van der Waals surface area contributed by atoms with Gasteiger partial charge in [0, 0.05) is 0 Å². The summed E-state index contributed by atoms with van der Waals surface area (Å²) in [5, 5.41) is 9.11. The molecule has 1 aromatic carbocycles. The molecular formula is C15H18O2. The Bertz CT molecular complexity index is 478. The highest BCUT2D eigenvalue weighted by Crippen LogP contribution is 2.33. The molecule has 2 rings (SSSR count). The van der Waals surface area contributed by atoms with Crippen LogP contribution in [0.15, 0.2) is 24.3 Å². The predicted octanol–water partition coefficient (Wildman–Crippen LogP) is 3.25. The van der Waals surface area contributed by atoms with Crippen LogP contribution in [0.3, 0.4) is 0 Å². The predicted molar refractivity (Wildman–Crippen MR) is 69.0 cm³/mol. The molecule has 1 atom stereocenters. The zero-order valence-electron chi connectivity index (χ0n) is 10.5. The summed E-state index contributed by atoms with van der Waals surface area (Å²) in [5.74, 6) is -1.12. The minimum atomic E-state index is -0.740. The monoisotopic (exact) mass is 230 g/mol. The summed E-state index contributed by atoms with van der Waals surface area (Å²) in [4.78, 5) is 11.1. The summed E-state index contributed by atoms with van der Waals surface area (Å²) >= 11 is 0. The van der Waals surface area contributed by atoms with Crippen molar-refractivity contribution in [2.75, 3.05) is 0 Å². The van der Waals surface area contributed by atoms with Crippen LogP contribution < -0.4 is 0 Å². The molecule has 0 amide bonds. The Morgan fingerprint density at radius 1 is 1.35 bits per heavy atom. The molecule has 0 aromatic heterocycles. The van der Waals surface area contributed by atoms with Crippen LogP contribution in [0, 0.1) is 5.92 Å². The lowest BCUT2D eigenvalue weighted by Gasteiger charge is -2.27. The lowest BCUT2D eigenvalue weighted by atomic mass is 9.77. The van der Waals surface area contributed by atoms with E-state index >= 15 is 0 Å². The average molecular weight is 230 g/mol. The molecule has 0 radical (unpaired) electrons. The number of carboxylic acid groups (broad SMARTS) is 1. The summed E-state index contributed by atoms with van der Waals surface area (Å²) in [7, 11) is 0. The van der Waals surface area contributed by atoms with E-state index in [1.54, 1.807) is 6.08 Å². The van der Waals surface area contributed by atoms with Crippen LogP contribution in [0.1, 0.15) is 37.5 Å². The van der Waals surface area contributed by atoms with Crippen molar-refractivity contribution in [2.45, 2.75) is 32.6 Å². The summed E-state index contributed by atoms with van der Waals surface area (Å²) in [6.45, 7) is 6.49. The Labute approximate surface area is 102 Å². The molecule has 1 unspecified atom stereocenters. The van der Waals surface area contributed by atoms with E-state index in [9.17, 15) is 4.79 Å². The van der Waals surface area contributed by atoms with Gasteiger partial charge in [0.05, 0.1) is 5.92 Å². The van der Waals surface area contributed by atoms with Gasteiger partial charge >= 0.3 is 5.97 Å². The van der Waals surface area contributed by atoms with E-state index in [1.165, 1.54) is 11.1 Å². The van der Waals surface area contributed by atoms with Gasteiger partial charge in [-0.1, -0.05) is 51.1 Å². The van der Waals surface area contributed by atoms with Gasteiger partial charge in [-0.15, -0.1) is 0 Å². The fourth-order valence-electron chi connectivity index (χ4n) is 2.37. The van der Waals surface area contributed by atoms with Crippen LogP contribution in [0.5, 0.6) is 0 Å². The summed E-state index contributed by atoms with van der Waals surface area (Å²) < 4.78 is 0. The Hall–Kier alpha value is -1.57. The molecule has 1 aliphatic carbocycles. The third kappa shape index (κ3) is 2.26. The number of benzene rings is 1. The molecule has 1 N–H and O–H groups in total. The standard InChI is InChI=1S/C15H18O2/c1-15(2,3)13-6-4-5-10-7-8-11(14(16)17)9-12(10)13/h4-8,11H,9H2,1-3H3,(H,16,17). The van der Waals surface area contributed by atoms with Gasteiger partial charge in [-0.25, -0.2) is 0 Å². The fraction of sp³-hybridized carbons (Fsp3) is 0.400. The van der Waals surface area contributed by atoms with Gasteiger partial charge in [-0.05, 0) is 28.5 Å². The molecule has 0 aliphatic heterocycles. The van der Waals surface area contributed by atoms with Gasteiger partial charge < -0.3 is 5.11 Å². The van der Waals surface area contributed by atoms with E-state index in [2.05, 4.69) is 32.9 Å². The second-order valence-electron chi connectivity index (χ2n) is 5.63. The topological polar surface area (TPSA) is 37.3 Å². The molecule has 2 nitrogen and oxygen atoms in total. The van der Waals surface area contributed by atoms with E-state index in [0.29, 0.717) is 6.42 Å². The summed E-state index contributed by atoms with van der Waals surface area (Å²) in [5.41, 5.74) is 3.66. The number of hydrogen-bond acceptors (Lipinski definition) is 1. The van der Waals surface area contributed by atoms with Gasteiger partial charge in [0.2, 0.25) is 0 Å². The highest BCUT2D eigenvalue weighted by molar-refractivity contribution is 5.77. The summed E-state index contributed by atoms with van der Waals surface area (Å²) in [6.07, 6.45) is 4.33. The smallest absolute Gasteiger partial charge is 0.310 e. The number of aliphatic carboxylic acids is 1. The lowest BCUT2D eigenvalue weighted by Crippen LogP contribution is -2.22. The molecular weight excluding hydrogens is 212 g/mol. The molecule has 0 heterocycles. The highest BCUT2D eigenvalue weighted by Gasteiger charge is 2.25. The first kappa shape index (κ1) is 11.9. The first-order valence-electron chi connectivity index (χ1n) is 5.93. The van der Waals surface area contributed by atoms with Crippen LogP contribution in [0.2, 0.25) is 0 Å². The van der Waals surface area contributed by atoms with Gasteiger partial charge in [0.15, 0.2) is 0 Å². The Kier molecular flexibility index (Phi) is 2.82. The van der Waals surface area contributed by atoms with Crippen LogP contribution >= 0.6 is 0 Å². The first-order chi connectivity index (χ1) is 7.89. The molecule has 17 heavy (non-hydrogen) atoms. The van der Waals surface area contributed by atoms with Crippen molar-refractivity contribution < 1.29 is 9.90 Å². The minimum absolute atomic E-state index is 0.0551. The van der Waals surface area contributed by atoms with Crippen molar-refractivity contribution in [2.24, 2.45) is 5.92 Å². The van der Waals surface area contributed by atoms with E-state index in [-0.39, 0.29) is 11.3 Å². The molecule has 2 heteroatoms. The average Bonchev–Trinajstić information content (AvgIpc) is 2.26. The molecule has 0 spiro atoms. The highest BCUT2D eigenvalue weighted by atomic mass is 16.4.